The van der Waals surface area contributed by atoms with E-state index in [4.69, 9.17) is 32.5 Å². The van der Waals surface area contributed by atoms with E-state index in [0.717, 1.165) is 57.9 Å². The first-order chi connectivity index (χ1) is 17.5. The number of piperazine rings is 1. The molecule has 2 aliphatic rings. The van der Waals surface area contributed by atoms with Crippen LogP contribution < -0.4 is 9.64 Å². The topological polar surface area (TPSA) is 74.9 Å². The van der Waals surface area contributed by atoms with Gasteiger partial charge in [0.2, 0.25) is 17.6 Å². The van der Waals surface area contributed by atoms with Crippen molar-refractivity contribution in [1.82, 2.24) is 19.9 Å². The maximum atomic E-state index is 13.2. The third kappa shape index (κ3) is 5.61. The highest BCUT2D eigenvalue weighted by Gasteiger charge is 2.31. The highest BCUT2D eigenvalue weighted by atomic mass is 35.5. The molecule has 8 nitrogen and oxygen atoms in total. The maximum absolute atomic E-state index is 13.2. The maximum Gasteiger partial charge on any atom is 0.241 e. The summed E-state index contributed by atoms with van der Waals surface area (Å²) >= 11 is 12.2. The zero-order valence-corrected chi connectivity index (χ0v) is 21.7. The molecule has 0 radical (unpaired) electrons. The molecule has 10 heteroatoms. The summed E-state index contributed by atoms with van der Waals surface area (Å²) in [4.78, 5) is 24.3. The van der Waals surface area contributed by atoms with E-state index in [2.05, 4.69) is 32.1 Å². The Balaban J connectivity index is 1.09. The van der Waals surface area contributed by atoms with Crippen LogP contribution in [0.15, 0.2) is 47.0 Å². The number of rotatable bonds is 6. The van der Waals surface area contributed by atoms with Crippen LogP contribution in [0, 0.1) is 5.92 Å². The van der Waals surface area contributed by atoms with Gasteiger partial charge in [0.25, 0.3) is 0 Å². The molecule has 3 heterocycles. The van der Waals surface area contributed by atoms with Crippen molar-refractivity contribution in [3.63, 3.8) is 0 Å². The number of likely N-dealkylation sites (tertiary alicyclic amines) is 1. The molecule has 3 aromatic rings. The fraction of sp³-hybridized carbons (Fsp3) is 0.423. The van der Waals surface area contributed by atoms with E-state index in [1.807, 2.05) is 17.0 Å². The summed E-state index contributed by atoms with van der Waals surface area (Å²) in [7, 11) is 1.67. The minimum atomic E-state index is 0.0694. The lowest BCUT2D eigenvalue weighted by Gasteiger charge is -2.39. The molecule has 2 aliphatic heterocycles. The lowest BCUT2D eigenvalue weighted by molar-refractivity contribution is -0.137. The average Bonchev–Trinajstić information content (AvgIpc) is 3.37. The highest BCUT2D eigenvalue weighted by molar-refractivity contribution is 6.36. The fourth-order valence-electron chi connectivity index (χ4n) is 4.86. The molecule has 0 saturated carbocycles. The van der Waals surface area contributed by atoms with Crippen LogP contribution in [0.4, 0.5) is 5.69 Å². The summed E-state index contributed by atoms with van der Waals surface area (Å²) in [6.45, 7) is 5.39. The standard InChI is InChI=1S/C26H29Cl2N5O3/c1-35-21-5-3-20(4-6-21)32-12-14-33(15-13-32)26(34)18-8-10-31(11-9-18)17-24-29-25(30-36-24)22-7-2-19(27)16-23(22)28/h2-7,16,18H,8-15,17H2,1H3. The van der Waals surface area contributed by atoms with Crippen molar-refractivity contribution < 1.29 is 14.1 Å². The Morgan fingerprint density at radius 1 is 1.03 bits per heavy atom. The Labute approximate surface area is 220 Å². The van der Waals surface area contributed by atoms with Crippen molar-refractivity contribution in [2.45, 2.75) is 19.4 Å². The fourth-order valence-corrected chi connectivity index (χ4v) is 5.36. The first-order valence-electron chi connectivity index (χ1n) is 12.2. The van der Waals surface area contributed by atoms with Crippen LogP contribution in [0.5, 0.6) is 5.75 Å². The molecule has 2 fully saturated rings. The molecular formula is C26H29Cl2N5O3. The predicted octanol–water partition coefficient (Wildman–Crippen LogP) is 4.61. The predicted molar refractivity (Wildman–Crippen MR) is 140 cm³/mol. The Kier molecular flexibility index (Phi) is 7.65. The number of hydrogen-bond donors (Lipinski definition) is 0. The minimum Gasteiger partial charge on any atom is -0.497 e. The third-order valence-corrected chi connectivity index (χ3v) is 7.51. The number of carbonyl (C=O) groups is 1. The molecule has 2 saturated heterocycles. The number of anilines is 1. The number of hydrogen-bond acceptors (Lipinski definition) is 7. The van der Waals surface area contributed by atoms with Crippen molar-refractivity contribution in [1.29, 1.82) is 0 Å². The van der Waals surface area contributed by atoms with E-state index in [1.165, 1.54) is 5.69 Å². The van der Waals surface area contributed by atoms with Crippen molar-refractivity contribution in [3.8, 4) is 17.1 Å². The number of ether oxygens (including phenoxy) is 1. The van der Waals surface area contributed by atoms with Crippen molar-refractivity contribution in [2.75, 3.05) is 51.3 Å². The molecule has 36 heavy (non-hydrogen) atoms. The summed E-state index contributed by atoms with van der Waals surface area (Å²) in [5.41, 5.74) is 1.85. The number of methoxy groups -OCH3 is 1. The quantitative estimate of drug-likeness (QED) is 0.461. The first kappa shape index (κ1) is 24.9. The van der Waals surface area contributed by atoms with E-state index in [0.29, 0.717) is 33.9 Å². The lowest BCUT2D eigenvalue weighted by atomic mass is 9.95. The highest BCUT2D eigenvalue weighted by Crippen LogP contribution is 2.29. The molecule has 1 aromatic heterocycles. The van der Waals surface area contributed by atoms with Crippen LogP contribution >= 0.6 is 23.2 Å². The van der Waals surface area contributed by atoms with Gasteiger partial charge in [0, 0.05) is 48.4 Å². The van der Waals surface area contributed by atoms with Crippen LogP contribution in [0.1, 0.15) is 18.7 Å². The monoisotopic (exact) mass is 529 g/mol. The molecule has 5 rings (SSSR count). The molecule has 0 spiro atoms. The number of benzene rings is 2. The van der Waals surface area contributed by atoms with Crippen LogP contribution in [0.2, 0.25) is 10.0 Å². The van der Waals surface area contributed by atoms with Gasteiger partial charge in [-0.15, -0.1) is 0 Å². The second-order valence-corrected chi connectivity index (χ2v) is 10.0. The van der Waals surface area contributed by atoms with Gasteiger partial charge in [-0.3, -0.25) is 9.69 Å². The van der Waals surface area contributed by atoms with E-state index in [1.54, 1.807) is 25.3 Å². The van der Waals surface area contributed by atoms with Crippen LogP contribution in [-0.4, -0.2) is 72.2 Å². The molecule has 0 aliphatic carbocycles. The van der Waals surface area contributed by atoms with E-state index in [9.17, 15) is 4.79 Å². The smallest absolute Gasteiger partial charge is 0.241 e. The normalized spacial score (nSPS) is 17.4. The number of amides is 1. The number of aromatic nitrogens is 2. The first-order valence-corrected chi connectivity index (χ1v) is 12.9. The van der Waals surface area contributed by atoms with Gasteiger partial charge in [0.15, 0.2) is 0 Å². The van der Waals surface area contributed by atoms with Gasteiger partial charge in [-0.05, 0) is 68.4 Å². The Morgan fingerprint density at radius 2 is 1.75 bits per heavy atom. The summed E-state index contributed by atoms with van der Waals surface area (Å²) in [6, 6.07) is 13.3. The zero-order valence-electron chi connectivity index (χ0n) is 20.2. The Morgan fingerprint density at radius 3 is 2.42 bits per heavy atom. The summed E-state index contributed by atoms with van der Waals surface area (Å²) in [5, 5.41) is 5.12. The molecular weight excluding hydrogens is 501 g/mol. The Bertz CT molecular complexity index is 1190. The minimum absolute atomic E-state index is 0.0694. The van der Waals surface area contributed by atoms with Crippen molar-refractivity contribution >= 4 is 34.8 Å². The van der Waals surface area contributed by atoms with Crippen molar-refractivity contribution in [2.24, 2.45) is 5.92 Å². The van der Waals surface area contributed by atoms with Gasteiger partial charge < -0.3 is 19.1 Å². The van der Waals surface area contributed by atoms with Gasteiger partial charge in [-0.1, -0.05) is 28.4 Å². The number of halogens is 2. The number of piperidine rings is 1. The van der Waals surface area contributed by atoms with Gasteiger partial charge in [-0.2, -0.15) is 4.98 Å². The van der Waals surface area contributed by atoms with Crippen LogP contribution in [0.25, 0.3) is 11.4 Å². The zero-order chi connectivity index (χ0) is 25.1. The third-order valence-electron chi connectivity index (χ3n) is 6.96. The van der Waals surface area contributed by atoms with E-state index < -0.39 is 0 Å². The van der Waals surface area contributed by atoms with Crippen LogP contribution in [-0.2, 0) is 11.3 Å². The molecule has 2 aromatic carbocycles. The second kappa shape index (κ2) is 11.1. The largest absolute Gasteiger partial charge is 0.497 e. The molecule has 0 atom stereocenters. The molecule has 190 valence electrons. The lowest BCUT2D eigenvalue weighted by Crippen LogP contribution is -2.51. The van der Waals surface area contributed by atoms with E-state index >= 15 is 0 Å². The van der Waals surface area contributed by atoms with Gasteiger partial charge in [-0.25, -0.2) is 0 Å². The van der Waals surface area contributed by atoms with Crippen molar-refractivity contribution in [3.05, 3.63) is 58.4 Å². The van der Waals surface area contributed by atoms with E-state index in [-0.39, 0.29) is 11.8 Å². The molecule has 0 bridgehead atoms. The average molecular weight is 530 g/mol. The molecule has 0 N–H and O–H groups in total. The number of nitrogens with zero attached hydrogens (tertiary/aromatic N) is 5. The summed E-state index contributed by atoms with van der Waals surface area (Å²) in [6.07, 6.45) is 1.67. The number of carbonyl (C=O) groups excluding carboxylic acids is 1. The molecule has 0 unspecified atom stereocenters. The van der Waals surface area contributed by atoms with Crippen LogP contribution in [0.3, 0.4) is 0 Å². The SMILES string of the molecule is COc1ccc(N2CCN(C(=O)C3CCN(Cc4nc(-c5ccc(Cl)cc5Cl)no4)CC3)CC2)cc1. The van der Waals surface area contributed by atoms with Gasteiger partial charge in [0.1, 0.15) is 5.75 Å². The molecule has 1 amide bonds. The summed E-state index contributed by atoms with van der Waals surface area (Å²) in [5.74, 6) is 2.19. The van der Waals surface area contributed by atoms with Gasteiger partial charge >= 0.3 is 0 Å². The Hall–Kier alpha value is -2.81. The van der Waals surface area contributed by atoms with Gasteiger partial charge in [0.05, 0.1) is 18.7 Å². The summed E-state index contributed by atoms with van der Waals surface area (Å²) < 4.78 is 10.7. The second-order valence-electron chi connectivity index (χ2n) is 9.20.